The van der Waals surface area contributed by atoms with Crippen LogP contribution in [0.2, 0.25) is 0 Å². The van der Waals surface area contributed by atoms with Crippen LogP contribution in [-0.2, 0) is 4.79 Å². The van der Waals surface area contributed by atoms with Gasteiger partial charge in [-0.1, -0.05) is 30.8 Å². The number of aromatic nitrogens is 2. The number of carbonyl (C=O) groups is 1. The number of para-hydroxylation sites is 2. The predicted molar refractivity (Wildman–Crippen MR) is 78.1 cm³/mol. The predicted octanol–water partition coefficient (Wildman–Crippen LogP) is 1.51. The number of H-pyrrole nitrogens is 1. The first-order valence-electron chi connectivity index (χ1n) is 6.31. The normalized spacial score (nSPS) is 12.7. The number of benzene rings is 1. The number of aromatic amines is 1. The molecule has 5 nitrogen and oxygen atoms in total. The molecule has 0 aliphatic rings. The second kappa shape index (κ2) is 6.58. The Kier molecular flexibility index (Phi) is 4.81. The molecule has 1 heterocycles. The Morgan fingerprint density at radius 1 is 1.53 bits per heavy atom. The molecule has 19 heavy (non-hydrogen) atoms. The number of thioether (sulfide) groups is 1. The number of hydrogen-bond donors (Lipinski definition) is 3. The number of carbonyl (C=O) groups excluding carboxylic acids is 1. The standard InChI is InChI=1S/C13H18N4OS/c1-2-7-15-11(12(14)18)8-19-13-16-9-5-3-4-6-10(9)17-13/h3-6,11,15H,2,7-8H2,1H3,(H2,14,18)(H,16,17). The van der Waals surface area contributed by atoms with E-state index in [1.165, 1.54) is 11.8 Å². The topological polar surface area (TPSA) is 83.8 Å². The highest BCUT2D eigenvalue weighted by Gasteiger charge is 2.15. The molecule has 1 aromatic carbocycles. The van der Waals surface area contributed by atoms with Crippen LogP contribution in [0.1, 0.15) is 13.3 Å². The summed E-state index contributed by atoms with van der Waals surface area (Å²) in [5, 5.41) is 3.95. The van der Waals surface area contributed by atoms with E-state index in [9.17, 15) is 4.79 Å². The second-order valence-electron chi connectivity index (χ2n) is 4.28. The van der Waals surface area contributed by atoms with Crippen LogP contribution in [0.25, 0.3) is 11.0 Å². The minimum Gasteiger partial charge on any atom is -0.368 e. The molecule has 2 aromatic rings. The van der Waals surface area contributed by atoms with Crippen LogP contribution >= 0.6 is 11.8 Å². The van der Waals surface area contributed by atoms with Crippen molar-refractivity contribution in [3.8, 4) is 0 Å². The molecule has 1 aromatic heterocycles. The highest BCUT2D eigenvalue weighted by molar-refractivity contribution is 7.99. The zero-order valence-electron chi connectivity index (χ0n) is 10.8. The Morgan fingerprint density at radius 3 is 3.00 bits per heavy atom. The number of nitrogens with one attached hydrogen (secondary N) is 2. The number of imidazole rings is 1. The molecular formula is C13H18N4OS. The van der Waals surface area contributed by atoms with Crippen LogP contribution in [0.3, 0.4) is 0 Å². The lowest BCUT2D eigenvalue weighted by Gasteiger charge is -2.13. The van der Waals surface area contributed by atoms with E-state index in [4.69, 9.17) is 5.73 Å². The van der Waals surface area contributed by atoms with Crippen LogP contribution in [-0.4, -0.2) is 34.2 Å². The zero-order chi connectivity index (χ0) is 13.7. The van der Waals surface area contributed by atoms with Gasteiger partial charge in [-0.05, 0) is 25.1 Å². The summed E-state index contributed by atoms with van der Waals surface area (Å²) in [7, 11) is 0. The van der Waals surface area contributed by atoms with Crippen LogP contribution < -0.4 is 11.1 Å². The van der Waals surface area contributed by atoms with Crippen LogP contribution in [0.5, 0.6) is 0 Å². The van der Waals surface area contributed by atoms with Gasteiger partial charge in [0.1, 0.15) is 0 Å². The summed E-state index contributed by atoms with van der Waals surface area (Å²) in [6, 6.07) is 7.53. The van der Waals surface area contributed by atoms with Gasteiger partial charge in [-0.2, -0.15) is 0 Å². The minimum atomic E-state index is -0.322. The van der Waals surface area contributed by atoms with Crippen molar-refractivity contribution in [1.29, 1.82) is 0 Å². The Balaban J connectivity index is 1.97. The van der Waals surface area contributed by atoms with Crippen molar-refractivity contribution in [1.82, 2.24) is 15.3 Å². The van der Waals surface area contributed by atoms with E-state index < -0.39 is 0 Å². The van der Waals surface area contributed by atoms with Gasteiger partial charge in [0.25, 0.3) is 0 Å². The molecule has 2 rings (SSSR count). The molecule has 0 saturated heterocycles. The zero-order valence-corrected chi connectivity index (χ0v) is 11.7. The van der Waals surface area contributed by atoms with Gasteiger partial charge in [-0.3, -0.25) is 4.79 Å². The van der Waals surface area contributed by atoms with Gasteiger partial charge in [0.15, 0.2) is 5.16 Å². The highest BCUT2D eigenvalue weighted by atomic mass is 32.2. The van der Waals surface area contributed by atoms with E-state index in [2.05, 4.69) is 22.2 Å². The lowest BCUT2D eigenvalue weighted by Crippen LogP contribution is -2.43. The van der Waals surface area contributed by atoms with Crippen molar-refractivity contribution in [2.45, 2.75) is 24.5 Å². The third-order valence-electron chi connectivity index (χ3n) is 2.74. The number of nitrogens with zero attached hydrogens (tertiary/aromatic N) is 1. The first kappa shape index (κ1) is 13.9. The van der Waals surface area contributed by atoms with Crippen molar-refractivity contribution in [2.75, 3.05) is 12.3 Å². The molecule has 102 valence electrons. The molecule has 0 fully saturated rings. The third kappa shape index (κ3) is 3.71. The van der Waals surface area contributed by atoms with E-state index in [1.807, 2.05) is 24.3 Å². The van der Waals surface area contributed by atoms with E-state index in [0.29, 0.717) is 5.75 Å². The molecule has 4 N–H and O–H groups in total. The Bertz CT molecular complexity index is 521. The molecule has 0 aliphatic carbocycles. The molecule has 0 bridgehead atoms. The summed E-state index contributed by atoms with van der Waals surface area (Å²) in [6.07, 6.45) is 0.971. The molecule has 0 saturated carbocycles. The van der Waals surface area contributed by atoms with Gasteiger partial charge in [-0.15, -0.1) is 0 Å². The molecule has 0 spiro atoms. The molecule has 6 heteroatoms. The monoisotopic (exact) mass is 278 g/mol. The fourth-order valence-corrected chi connectivity index (χ4v) is 2.67. The largest absolute Gasteiger partial charge is 0.368 e. The summed E-state index contributed by atoms with van der Waals surface area (Å²) in [5.74, 6) is 0.256. The fraction of sp³-hybridized carbons (Fsp3) is 0.385. The highest BCUT2D eigenvalue weighted by Crippen LogP contribution is 2.19. The van der Waals surface area contributed by atoms with Gasteiger partial charge < -0.3 is 16.0 Å². The smallest absolute Gasteiger partial charge is 0.235 e. The van der Waals surface area contributed by atoms with Gasteiger partial charge in [-0.25, -0.2) is 4.98 Å². The fourth-order valence-electron chi connectivity index (χ4n) is 1.72. The summed E-state index contributed by atoms with van der Waals surface area (Å²) in [6.45, 7) is 2.84. The van der Waals surface area contributed by atoms with E-state index in [-0.39, 0.29) is 11.9 Å². The van der Waals surface area contributed by atoms with Crippen molar-refractivity contribution in [3.05, 3.63) is 24.3 Å². The second-order valence-corrected chi connectivity index (χ2v) is 5.29. The number of fused-ring (bicyclic) bond motifs is 1. The Hall–Kier alpha value is -1.53. The van der Waals surface area contributed by atoms with Crippen LogP contribution in [0.15, 0.2) is 29.4 Å². The molecule has 1 amide bonds. The summed E-state index contributed by atoms with van der Waals surface area (Å²) < 4.78 is 0. The average Bonchev–Trinajstić information content (AvgIpc) is 2.81. The number of primary amides is 1. The van der Waals surface area contributed by atoms with Crippen molar-refractivity contribution in [2.24, 2.45) is 5.73 Å². The van der Waals surface area contributed by atoms with Crippen molar-refractivity contribution >= 4 is 28.7 Å². The number of rotatable bonds is 7. The Morgan fingerprint density at radius 2 is 2.32 bits per heavy atom. The lowest BCUT2D eigenvalue weighted by molar-refractivity contribution is -0.119. The maximum atomic E-state index is 11.3. The third-order valence-corrected chi connectivity index (χ3v) is 3.71. The summed E-state index contributed by atoms with van der Waals surface area (Å²) in [4.78, 5) is 19.0. The summed E-state index contributed by atoms with van der Waals surface area (Å²) >= 11 is 1.50. The van der Waals surface area contributed by atoms with Gasteiger partial charge in [0.2, 0.25) is 5.91 Å². The maximum Gasteiger partial charge on any atom is 0.235 e. The summed E-state index contributed by atoms with van der Waals surface area (Å²) in [5.41, 5.74) is 7.31. The molecule has 1 unspecified atom stereocenters. The van der Waals surface area contributed by atoms with E-state index >= 15 is 0 Å². The van der Waals surface area contributed by atoms with E-state index in [1.54, 1.807) is 0 Å². The van der Waals surface area contributed by atoms with E-state index in [0.717, 1.165) is 29.2 Å². The first-order chi connectivity index (χ1) is 9.20. The van der Waals surface area contributed by atoms with Crippen molar-refractivity contribution < 1.29 is 4.79 Å². The lowest BCUT2D eigenvalue weighted by atomic mass is 10.3. The van der Waals surface area contributed by atoms with Crippen molar-refractivity contribution in [3.63, 3.8) is 0 Å². The molecule has 1 atom stereocenters. The minimum absolute atomic E-state index is 0.321. The first-order valence-corrected chi connectivity index (χ1v) is 7.29. The quantitative estimate of drug-likeness (QED) is 0.670. The Labute approximate surface area is 116 Å². The van der Waals surface area contributed by atoms with Gasteiger partial charge >= 0.3 is 0 Å². The molecule has 0 aliphatic heterocycles. The van der Waals surface area contributed by atoms with Crippen LogP contribution in [0, 0.1) is 0 Å². The average molecular weight is 278 g/mol. The number of amides is 1. The van der Waals surface area contributed by atoms with Crippen LogP contribution in [0.4, 0.5) is 0 Å². The number of nitrogens with two attached hydrogens (primary N) is 1. The van der Waals surface area contributed by atoms with Gasteiger partial charge in [0, 0.05) is 5.75 Å². The van der Waals surface area contributed by atoms with Gasteiger partial charge in [0.05, 0.1) is 17.1 Å². The maximum absolute atomic E-state index is 11.3. The molecule has 0 radical (unpaired) electrons. The molecular weight excluding hydrogens is 260 g/mol. The SMILES string of the molecule is CCCNC(CSc1nc2ccccc2[nH]1)C(N)=O. The number of hydrogen-bond acceptors (Lipinski definition) is 4.